The highest BCUT2D eigenvalue weighted by Crippen LogP contribution is 2.27. The molecule has 3 rings (SSSR count). The number of ether oxygens (including phenoxy) is 1. The van der Waals surface area contributed by atoms with E-state index in [2.05, 4.69) is 10.0 Å². The monoisotopic (exact) mass is 436 g/mol. The Morgan fingerprint density at radius 2 is 1.71 bits per heavy atom. The second-order valence-electron chi connectivity index (χ2n) is 6.87. The summed E-state index contributed by atoms with van der Waals surface area (Å²) in [4.78, 5) is 12.6. The van der Waals surface area contributed by atoms with Gasteiger partial charge in [-0.3, -0.25) is 4.79 Å². The summed E-state index contributed by atoms with van der Waals surface area (Å²) in [5.74, 6) is 0.271. The van der Waals surface area contributed by atoms with E-state index in [1.165, 1.54) is 25.3 Å². The summed E-state index contributed by atoms with van der Waals surface area (Å²) >= 11 is 0. The van der Waals surface area contributed by atoms with Gasteiger partial charge >= 0.3 is 0 Å². The van der Waals surface area contributed by atoms with Gasteiger partial charge in [-0.2, -0.15) is 0 Å². The average molecular weight is 437 g/mol. The third-order valence-electron chi connectivity index (χ3n) is 4.52. The number of carbonyl (C=O) groups excluding carboxylic acids is 1. The number of hydrogen-bond acceptors (Lipinski definition) is 4. The van der Waals surface area contributed by atoms with E-state index in [4.69, 9.17) is 4.74 Å². The Hall–Kier alpha value is -3.42. The largest absolute Gasteiger partial charge is 0.487 e. The maximum atomic E-state index is 12.4. The zero-order valence-electron chi connectivity index (χ0n) is 17.3. The summed E-state index contributed by atoms with van der Waals surface area (Å²) < 4.78 is 31.7. The fourth-order valence-electron chi connectivity index (χ4n) is 2.81. The van der Waals surface area contributed by atoms with Crippen LogP contribution in [0.2, 0.25) is 0 Å². The van der Waals surface area contributed by atoms with Crippen LogP contribution >= 0.6 is 0 Å². The Bertz CT molecular complexity index is 1170. The Morgan fingerprint density at radius 3 is 2.39 bits per heavy atom. The smallest absolute Gasteiger partial charge is 0.248 e. The number of hydrogen-bond donors (Lipinski definition) is 2. The molecule has 31 heavy (non-hydrogen) atoms. The van der Waals surface area contributed by atoms with Gasteiger partial charge in [0.25, 0.3) is 0 Å². The minimum absolute atomic E-state index is 0.163. The molecule has 0 saturated carbocycles. The molecular weight excluding hydrogens is 412 g/mol. The Kier molecular flexibility index (Phi) is 7.23. The van der Waals surface area contributed by atoms with Crippen molar-refractivity contribution in [3.05, 3.63) is 95.6 Å². The van der Waals surface area contributed by atoms with Crippen molar-refractivity contribution in [2.45, 2.75) is 18.4 Å². The Balaban J connectivity index is 1.67. The molecule has 0 spiro atoms. The predicted molar refractivity (Wildman–Crippen MR) is 122 cm³/mol. The number of benzene rings is 3. The van der Waals surface area contributed by atoms with E-state index in [1.807, 2.05) is 49.4 Å². The molecule has 0 aliphatic carbocycles. The van der Waals surface area contributed by atoms with E-state index in [-0.39, 0.29) is 10.8 Å². The van der Waals surface area contributed by atoms with Crippen LogP contribution in [0.15, 0.2) is 83.8 Å². The molecule has 0 saturated heterocycles. The highest BCUT2D eigenvalue weighted by atomic mass is 32.2. The molecule has 0 radical (unpaired) electrons. The van der Waals surface area contributed by atoms with Crippen LogP contribution in [-0.2, 0) is 21.4 Å². The van der Waals surface area contributed by atoms with Gasteiger partial charge in [-0.1, -0.05) is 48.5 Å². The van der Waals surface area contributed by atoms with Gasteiger partial charge in [-0.05, 0) is 61.0 Å². The van der Waals surface area contributed by atoms with Crippen LogP contribution < -0.4 is 14.8 Å². The molecule has 0 unspecified atom stereocenters. The van der Waals surface area contributed by atoms with Gasteiger partial charge in [0.15, 0.2) is 0 Å². The van der Waals surface area contributed by atoms with E-state index in [0.29, 0.717) is 23.6 Å². The van der Waals surface area contributed by atoms with Gasteiger partial charge in [0.2, 0.25) is 15.9 Å². The van der Waals surface area contributed by atoms with Crippen molar-refractivity contribution in [1.82, 2.24) is 4.72 Å². The summed E-state index contributed by atoms with van der Waals surface area (Å²) in [7, 11) is -2.13. The first kappa shape index (κ1) is 22.3. The predicted octanol–water partition coefficient (Wildman–Crippen LogP) is 4.13. The van der Waals surface area contributed by atoms with E-state index in [1.54, 1.807) is 24.3 Å². The summed E-state index contributed by atoms with van der Waals surface area (Å²) in [5, 5.41) is 2.83. The molecule has 0 aliphatic heterocycles. The van der Waals surface area contributed by atoms with Gasteiger partial charge < -0.3 is 10.1 Å². The zero-order valence-corrected chi connectivity index (χ0v) is 18.1. The first-order chi connectivity index (χ1) is 14.9. The van der Waals surface area contributed by atoms with Gasteiger partial charge in [0, 0.05) is 6.08 Å². The first-order valence-electron chi connectivity index (χ1n) is 9.67. The van der Waals surface area contributed by atoms with Crippen LogP contribution in [0.1, 0.15) is 16.7 Å². The lowest BCUT2D eigenvalue weighted by Gasteiger charge is -2.13. The van der Waals surface area contributed by atoms with Crippen molar-refractivity contribution in [3.63, 3.8) is 0 Å². The lowest BCUT2D eigenvalue weighted by atomic mass is 10.2. The standard InChI is InChI=1S/C24H24N2O4S/c1-18-8-14-22(23(16-18)30-17-20-6-4-3-5-7-20)26-24(27)15-11-19-9-12-21(13-10-19)31(28,29)25-2/h3-16,25H,17H2,1-2H3,(H,26,27)/b15-11+. The Morgan fingerprint density at radius 1 is 1.00 bits per heavy atom. The fraction of sp³-hybridized carbons (Fsp3) is 0.125. The molecule has 0 fully saturated rings. The van der Waals surface area contributed by atoms with Gasteiger partial charge in [-0.25, -0.2) is 13.1 Å². The number of amides is 1. The molecule has 6 nitrogen and oxygen atoms in total. The van der Waals surface area contributed by atoms with Crippen molar-refractivity contribution in [2.75, 3.05) is 12.4 Å². The summed E-state index contributed by atoms with van der Waals surface area (Å²) in [6.45, 7) is 2.35. The highest BCUT2D eigenvalue weighted by Gasteiger charge is 2.10. The van der Waals surface area contributed by atoms with E-state index < -0.39 is 10.0 Å². The minimum Gasteiger partial charge on any atom is -0.487 e. The Labute approximate surface area is 182 Å². The number of aryl methyl sites for hydroxylation is 1. The number of nitrogens with one attached hydrogen (secondary N) is 2. The fourth-order valence-corrected chi connectivity index (χ4v) is 3.54. The molecule has 3 aromatic carbocycles. The third-order valence-corrected chi connectivity index (χ3v) is 5.95. The normalized spacial score (nSPS) is 11.4. The van der Waals surface area contributed by atoms with Crippen LogP contribution in [0.4, 0.5) is 5.69 Å². The molecule has 0 bridgehead atoms. The van der Waals surface area contributed by atoms with Crippen molar-refractivity contribution in [2.24, 2.45) is 0 Å². The van der Waals surface area contributed by atoms with Crippen LogP contribution in [0.25, 0.3) is 6.08 Å². The molecule has 0 atom stereocenters. The minimum atomic E-state index is -3.49. The van der Waals surface area contributed by atoms with Gasteiger partial charge in [0.1, 0.15) is 12.4 Å². The van der Waals surface area contributed by atoms with E-state index >= 15 is 0 Å². The summed E-state index contributed by atoms with van der Waals surface area (Å²) in [6, 6.07) is 21.6. The molecule has 7 heteroatoms. The van der Waals surface area contributed by atoms with Gasteiger partial charge in [0.05, 0.1) is 10.6 Å². The third kappa shape index (κ3) is 6.28. The molecule has 3 aromatic rings. The lowest BCUT2D eigenvalue weighted by Crippen LogP contribution is -2.18. The van der Waals surface area contributed by atoms with Crippen LogP contribution in [-0.4, -0.2) is 21.4 Å². The van der Waals surface area contributed by atoms with Gasteiger partial charge in [-0.15, -0.1) is 0 Å². The summed E-state index contributed by atoms with van der Waals surface area (Å²) in [5.41, 5.74) is 3.33. The molecular formula is C24H24N2O4S. The number of rotatable bonds is 8. The van der Waals surface area contributed by atoms with Crippen LogP contribution in [0, 0.1) is 6.92 Å². The second-order valence-corrected chi connectivity index (χ2v) is 8.76. The lowest BCUT2D eigenvalue weighted by molar-refractivity contribution is -0.111. The van der Waals surface area contributed by atoms with Crippen molar-refractivity contribution in [3.8, 4) is 5.75 Å². The molecule has 160 valence electrons. The quantitative estimate of drug-likeness (QED) is 0.520. The molecule has 2 N–H and O–H groups in total. The molecule has 0 heterocycles. The highest BCUT2D eigenvalue weighted by molar-refractivity contribution is 7.89. The molecule has 1 amide bonds. The topological polar surface area (TPSA) is 84.5 Å². The maximum absolute atomic E-state index is 12.4. The average Bonchev–Trinajstić information content (AvgIpc) is 2.79. The number of sulfonamides is 1. The maximum Gasteiger partial charge on any atom is 0.248 e. The number of anilines is 1. The first-order valence-corrected chi connectivity index (χ1v) is 11.2. The van der Waals surface area contributed by atoms with E-state index in [9.17, 15) is 13.2 Å². The second kappa shape index (κ2) is 10.1. The van der Waals surface area contributed by atoms with Crippen LogP contribution in [0.5, 0.6) is 5.75 Å². The van der Waals surface area contributed by atoms with Crippen molar-refractivity contribution < 1.29 is 17.9 Å². The molecule has 0 aromatic heterocycles. The SMILES string of the molecule is CNS(=O)(=O)c1ccc(/C=C/C(=O)Nc2ccc(C)cc2OCc2ccccc2)cc1. The number of carbonyl (C=O) groups is 1. The van der Waals surface area contributed by atoms with E-state index in [0.717, 1.165) is 11.1 Å². The molecule has 0 aliphatic rings. The van der Waals surface area contributed by atoms with Crippen LogP contribution in [0.3, 0.4) is 0 Å². The summed E-state index contributed by atoms with van der Waals surface area (Å²) in [6.07, 6.45) is 3.01. The zero-order chi connectivity index (χ0) is 22.3. The van der Waals surface area contributed by atoms with Crippen molar-refractivity contribution >= 4 is 27.7 Å². The van der Waals surface area contributed by atoms with Crippen molar-refractivity contribution in [1.29, 1.82) is 0 Å².